The summed E-state index contributed by atoms with van der Waals surface area (Å²) in [6.07, 6.45) is 3.53. The Morgan fingerprint density at radius 2 is 1.81 bits per heavy atom. The van der Waals surface area contributed by atoms with Crippen molar-refractivity contribution in [2.45, 2.75) is 51.3 Å². The van der Waals surface area contributed by atoms with Crippen LogP contribution in [0.2, 0.25) is 0 Å². The van der Waals surface area contributed by atoms with Gasteiger partial charge < -0.3 is 9.47 Å². The smallest absolute Gasteiger partial charge is 0.338 e. The molecule has 0 unspecified atom stereocenters. The largest absolute Gasteiger partial charge is 0.488 e. The van der Waals surface area contributed by atoms with Gasteiger partial charge in [0.15, 0.2) is 4.80 Å². The average molecular weight is 664 g/mol. The molecule has 0 saturated heterocycles. The third kappa shape index (κ3) is 6.48. The van der Waals surface area contributed by atoms with Crippen LogP contribution in [0.5, 0.6) is 5.75 Å². The Morgan fingerprint density at radius 3 is 2.48 bits per heavy atom. The van der Waals surface area contributed by atoms with Gasteiger partial charge in [0.05, 0.1) is 27.9 Å². The molecular formula is C33H31BrN2O4S2. The number of esters is 1. The molecule has 0 spiro atoms. The Hall–Kier alpha value is -3.40. The normalized spacial score (nSPS) is 15.0. The van der Waals surface area contributed by atoms with E-state index in [-0.39, 0.29) is 11.7 Å². The molecule has 0 bridgehead atoms. The van der Waals surface area contributed by atoms with Gasteiger partial charge in [-0.05, 0) is 81.5 Å². The summed E-state index contributed by atoms with van der Waals surface area (Å²) in [6, 6.07) is 21.2. The minimum atomic E-state index is -0.662. The molecule has 0 radical (unpaired) electrons. The van der Waals surface area contributed by atoms with Crippen LogP contribution in [-0.4, -0.2) is 22.9 Å². The summed E-state index contributed by atoms with van der Waals surface area (Å²) in [5.41, 5.74) is 4.49. The summed E-state index contributed by atoms with van der Waals surface area (Å²) in [6.45, 7) is 7.86. The van der Waals surface area contributed by atoms with Gasteiger partial charge in [0.1, 0.15) is 12.4 Å². The molecule has 1 aromatic heterocycles. The summed E-state index contributed by atoms with van der Waals surface area (Å²) in [5, 5.41) is 0. The first-order valence-electron chi connectivity index (χ1n) is 13.5. The number of carbonyl (C=O) groups excluding carboxylic acids is 1. The molecule has 0 fully saturated rings. The maximum absolute atomic E-state index is 14.1. The summed E-state index contributed by atoms with van der Waals surface area (Å²) in [4.78, 5) is 33.8. The average Bonchev–Trinajstić information content (AvgIpc) is 3.26. The molecule has 5 rings (SSSR count). The van der Waals surface area contributed by atoms with Crippen LogP contribution < -0.4 is 19.6 Å². The van der Waals surface area contributed by atoms with Crippen molar-refractivity contribution in [1.82, 2.24) is 4.57 Å². The van der Waals surface area contributed by atoms with Gasteiger partial charge in [-0.2, -0.15) is 0 Å². The van der Waals surface area contributed by atoms with Gasteiger partial charge in [0.25, 0.3) is 5.56 Å². The molecule has 42 heavy (non-hydrogen) atoms. The Kier molecular flexibility index (Phi) is 9.20. The van der Waals surface area contributed by atoms with E-state index in [1.807, 2.05) is 80.8 Å². The molecule has 6 nitrogen and oxygen atoms in total. The number of rotatable bonds is 8. The molecule has 1 aliphatic heterocycles. The lowest BCUT2D eigenvalue weighted by atomic mass is 9.96. The number of allylic oxidation sites excluding steroid dienone is 1. The highest BCUT2D eigenvalue weighted by atomic mass is 79.9. The minimum absolute atomic E-state index is 0.232. The SMILES string of the molecule is CSc1ccc([C@H]2C(C(=O)OC(C)C)=C(C)N=c3s/c(=C\c4cc(Br)ccc4OCc4ccc(C)cc4)c(=O)n32)cc1. The van der Waals surface area contributed by atoms with Gasteiger partial charge in [0.2, 0.25) is 0 Å². The zero-order valence-corrected chi connectivity index (χ0v) is 27.2. The number of carbonyl (C=O) groups is 1. The maximum atomic E-state index is 14.1. The van der Waals surface area contributed by atoms with Crippen LogP contribution >= 0.6 is 39.0 Å². The quantitative estimate of drug-likeness (QED) is 0.158. The number of ether oxygens (including phenoxy) is 2. The fourth-order valence-electron chi connectivity index (χ4n) is 4.71. The summed E-state index contributed by atoms with van der Waals surface area (Å²) < 4.78 is 14.8. The molecule has 0 aliphatic carbocycles. The fraction of sp³-hybridized carbons (Fsp3) is 0.242. The van der Waals surface area contributed by atoms with Gasteiger partial charge in [-0.25, -0.2) is 9.79 Å². The van der Waals surface area contributed by atoms with Crippen molar-refractivity contribution in [2.24, 2.45) is 4.99 Å². The van der Waals surface area contributed by atoms with E-state index in [0.29, 0.717) is 33.0 Å². The predicted molar refractivity (Wildman–Crippen MR) is 173 cm³/mol. The Labute approximate surface area is 261 Å². The molecule has 9 heteroatoms. The van der Waals surface area contributed by atoms with Gasteiger partial charge in [-0.15, -0.1) is 11.8 Å². The number of hydrogen-bond acceptors (Lipinski definition) is 7. The molecule has 216 valence electrons. The van der Waals surface area contributed by atoms with Crippen molar-refractivity contribution < 1.29 is 14.3 Å². The second kappa shape index (κ2) is 12.9. The van der Waals surface area contributed by atoms with Crippen molar-refractivity contribution in [1.29, 1.82) is 0 Å². The molecule has 4 aromatic rings. The Morgan fingerprint density at radius 1 is 1.10 bits per heavy atom. The van der Waals surface area contributed by atoms with Crippen LogP contribution in [0.1, 0.15) is 49.1 Å². The van der Waals surface area contributed by atoms with Crippen molar-refractivity contribution >= 4 is 51.1 Å². The van der Waals surface area contributed by atoms with Gasteiger partial charge in [-0.3, -0.25) is 9.36 Å². The van der Waals surface area contributed by atoms with Crippen LogP contribution in [-0.2, 0) is 16.1 Å². The number of fused-ring (bicyclic) bond motifs is 1. The minimum Gasteiger partial charge on any atom is -0.488 e. The van der Waals surface area contributed by atoms with Crippen LogP contribution in [0.15, 0.2) is 97.2 Å². The van der Waals surface area contributed by atoms with E-state index in [4.69, 9.17) is 14.5 Å². The molecule has 3 aromatic carbocycles. The molecule has 1 aliphatic rings. The van der Waals surface area contributed by atoms with Gasteiger partial charge >= 0.3 is 5.97 Å². The van der Waals surface area contributed by atoms with Crippen molar-refractivity contribution in [3.05, 3.63) is 124 Å². The van der Waals surface area contributed by atoms with Crippen LogP contribution in [0.3, 0.4) is 0 Å². The lowest BCUT2D eigenvalue weighted by Gasteiger charge is -2.25. The van der Waals surface area contributed by atoms with Crippen LogP contribution in [0, 0.1) is 6.92 Å². The molecular weight excluding hydrogens is 632 g/mol. The highest BCUT2D eigenvalue weighted by molar-refractivity contribution is 9.10. The van der Waals surface area contributed by atoms with E-state index in [9.17, 15) is 9.59 Å². The van der Waals surface area contributed by atoms with Crippen LogP contribution in [0.25, 0.3) is 6.08 Å². The van der Waals surface area contributed by atoms with Crippen LogP contribution in [0.4, 0.5) is 0 Å². The summed E-state index contributed by atoms with van der Waals surface area (Å²) in [7, 11) is 0. The zero-order valence-electron chi connectivity index (χ0n) is 24.0. The van der Waals surface area contributed by atoms with Gasteiger partial charge in [0, 0.05) is 14.9 Å². The topological polar surface area (TPSA) is 69.9 Å². The standard InChI is InChI=1S/C33H31BrN2O4S2/c1-19(2)40-32(38)29-21(4)35-33-36(30(29)23-10-13-26(41-5)14-11-23)31(37)28(42-33)17-24-16-25(34)12-15-27(24)39-18-22-8-6-20(3)7-9-22/h6-17,19,30H,18H2,1-5H3/b28-17-/t30-/m0/s1. The molecule has 0 amide bonds. The van der Waals surface area contributed by atoms with E-state index < -0.39 is 12.0 Å². The zero-order chi connectivity index (χ0) is 30.0. The number of nitrogens with zero attached hydrogens (tertiary/aromatic N) is 2. The number of aromatic nitrogens is 1. The Balaban J connectivity index is 1.61. The number of halogens is 1. The first kappa shape index (κ1) is 30.1. The third-order valence-electron chi connectivity index (χ3n) is 6.79. The highest BCUT2D eigenvalue weighted by Crippen LogP contribution is 2.32. The monoisotopic (exact) mass is 662 g/mol. The predicted octanol–water partition coefficient (Wildman–Crippen LogP) is 6.56. The fourth-order valence-corrected chi connectivity index (χ4v) is 6.54. The second-order valence-corrected chi connectivity index (χ2v) is 13.1. The molecule has 2 heterocycles. The number of hydrogen-bond donors (Lipinski definition) is 0. The summed E-state index contributed by atoms with van der Waals surface area (Å²) in [5.74, 6) is 0.185. The van der Waals surface area contributed by atoms with Crippen molar-refractivity contribution in [2.75, 3.05) is 6.26 Å². The second-order valence-electron chi connectivity index (χ2n) is 10.3. The molecule has 0 saturated carbocycles. The van der Waals surface area contributed by atoms with Gasteiger partial charge in [-0.1, -0.05) is 69.2 Å². The first-order chi connectivity index (χ1) is 20.1. The lowest BCUT2D eigenvalue weighted by molar-refractivity contribution is -0.143. The first-order valence-corrected chi connectivity index (χ1v) is 16.3. The van der Waals surface area contributed by atoms with E-state index in [1.54, 1.807) is 23.3 Å². The number of thioether (sulfide) groups is 1. The molecule has 0 N–H and O–H groups in total. The third-order valence-corrected chi connectivity index (χ3v) is 9.01. The Bertz CT molecular complexity index is 1840. The summed E-state index contributed by atoms with van der Waals surface area (Å²) >= 11 is 6.48. The lowest BCUT2D eigenvalue weighted by Crippen LogP contribution is -2.40. The van der Waals surface area contributed by atoms with Crippen molar-refractivity contribution in [3.63, 3.8) is 0 Å². The molecule has 1 atom stereocenters. The van der Waals surface area contributed by atoms with E-state index in [1.165, 1.54) is 16.9 Å². The highest BCUT2D eigenvalue weighted by Gasteiger charge is 2.33. The van der Waals surface area contributed by atoms with E-state index >= 15 is 0 Å². The van der Waals surface area contributed by atoms with E-state index in [2.05, 4.69) is 35.0 Å². The maximum Gasteiger partial charge on any atom is 0.338 e. The van der Waals surface area contributed by atoms with E-state index in [0.717, 1.165) is 26.1 Å². The van der Waals surface area contributed by atoms with Crippen molar-refractivity contribution in [3.8, 4) is 5.75 Å². The number of thiazole rings is 1. The number of benzene rings is 3. The number of aryl methyl sites for hydroxylation is 1.